The summed E-state index contributed by atoms with van der Waals surface area (Å²) in [5, 5.41) is 14.3. The number of hydrogen-bond donors (Lipinski definition) is 3. The molecule has 0 saturated carbocycles. The highest BCUT2D eigenvalue weighted by atomic mass is 16.5. The minimum Gasteiger partial charge on any atom is -0.481 e. The molecule has 6 nitrogen and oxygen atoms in total. The highest BCUT2D eigenvalue weighted by Gasteiger charge is 2.19. The smallest absolute Gasteiger partial charge is 0.314 e. The average Bonchev–Trinajstić information content (AvgIpc) is 2.37. The van der Waals surface area contributed by atoms with E-state index in [1.165, 1.54) is 0 Å². The van der Waals surface area contributed by atoms with Gasteiger partial charge in [-0.25, -0.2) is 4.79 Å². The normalized spacial score (nSPS) is 12.5. The third kappa shape index (κ3) is 12.2. The highest BCUT2D eigenvalue weighted by Crippen LogP contribution is 2.10. The molecule has 0 fully saturated rings. The number of carbonyl (C=O) groups is 2. The SMILES string of the molecule is CC(C)CCOCCNC(=O)NCC(CC(C)C)C(=O)O. The number of carboxylic acids is 1. The summed E-state index contributed by atoms with van der Waals surface area (Å²) in [6.07, 6.45) is 1.55. The molecular formula is C15H30N2O4. The zero-order valence-corrected chi connectivity index (χ0v) is 13.6. The topological polar surface area (TPSA) is 87.7 Å². The molecule has 1 unspecified atom stereocenters. The van der Waals surface area contributed by atoms with Crippen LogP contribution >= 0.6 is 0 Å². The van der Waals surface area contributed by atoms with Crippen molar-refractivity contribution in [2.24, 2.45) is 17.8 Å². The van der Waals surface area contributed by atoms with Crippen LogP contribution in [-0.2, 0) is 9.53 Å². The molecule has 0 rings (SSSR count). The van der Waals surface area contributed by atoms with E-state index in [1.54, 1.807) is 0 Å². The number of aliphatic carboxylic acids is 1. The van der Waals surface area contributed by atoms with E-state index in [9.17, 15) is 9.59 Å². The Hall–Kier alpha value is -1.30. The van der Waals surface area contributed by atoms with Crippen LogP contribution in [0.5, 0.6) is 0 Å². The van der Waals surface area contributed by atoms with Crippen molar-refractivity contribution in [3.8, 4) is 0 Å². The Kier molecular flexibility index (Phi) is 10.7. The molecule has 2 amide bonds. The Bertz CT molecular complexity index is 306. The summed E-state index contributed by atoms with van der Waals surface area (Å²) in [6, 6.07) is -0.350. The standard InChI is InChI=1S/C15H30N2O4/c1-11(2)5-7-21-8-6-16-15(20)17-10-13(14(18)19)9-12(3)4/h11-13H,5-10H2,1-4H3,(H,18,19)(H2,16,17,20). The maximum atomic E-state index is 11.5. The number of hydrogen-bond acceptors (Lipinski definition) is 3. The third-order valence-corrected chi connectivity index (χ3v) is 2.99. The number of rotatable bonds is 11. The molecule has 0 aliphatic heterocycles. The van der Waals surface area contributed by atoms with Crippen molar-refractivity contribution in [2.45, 2.75) is 40.5 Å². The molecule has 0 aliphatic carbocycles. The largest absolute Gasteiger partial charge is 0.481 e. The highest BCUT2D eigenvalue weighted by molar-refractivity contribution is 5.75. The molecule has 3 N–H and O–H groups in total. The van der Waals surface area contributed by atoms with Gasteiger partial charge in [-0.15, -0.1) is 0 Å². The number of urea groups is 1. The number of carboxylic acid groups (broad SMARTS) is 1. The van der Waals surface area contributed by atoms with Gasteiger partial charge in [-0.05, 0) is 24.7 Å². The maximum Gasteiger partial charge on any atom is 0.314 e. The number of carbonyl (C=O) groups excluding carboxylic acids is 1. The predicted molar refractivity (Wildman–Crippen MR) is 82.3 cm³/mol. The van der Waals surface area contributed by atoms with E-state index in [0.717, 1.165) is 6.42 Å². The zero-order chi connectivity index (χ0) is 16.3. The Labute approximate surface area is 127 Å². The molecule has 0 aliphatic rings. The van der Waals surface area contributed by atoms with E-state index < -0.39 is 11.9 Å². The quantitative estimate of drug-likeness (QED) is 0.510. The summed E-state index contributed by atoms with van der Waals surface area (Å²) in [4.78, 5) is 22.6. The van der Waals surface area contributed by atoms with Gasteiger partial charge in [0.1, 0.15) is 0 Å². The lowest BCUT2D eigenvalue weighted by Crippen LogP contribution is -2.41. The van der Waals surface area contributed by atoms with Gasteiger partial charge in [0.05, 0.1) is 12.5 Å². The van der Waals surface area contributed by atoms with E-state index in [1.807, 2.05) is 13.8 Å². The molecule has 0 radical (unpaired) electrons. The first-order valence-electron chi connectivity index (χ1n) is 7.65. The van der Waals surface area contributed by atoms with E-state index in [2.05, 4.69) is 24.5 Å². The van der Waals surface area contributed by atoms with E-state index in [4.69, 9.17) is 9.84 Å². The van der Waals surface area contributed by atoms with Crippen LogP contribution in [0.25, 0.3) is 0 Å². The van der Waals surface area contributed by atoms with Crippen LogP contribution in [-0.4, -0.2) is 43.4 Å². The second-order valence-corrected chi connectivity index (χ2v) is 6.10. The van der Waals surface area contributed by atoms with Crippen LogP contribution in [0.1, 0.15) is 40.5 Å². The van der Waals surface area contributed by atoms with Crippen LogP contribution in [0.2, 0.25) is 0 Å². The first-order chi connectivity index (χ1) is 9.82. The lowest BCUT2D eigenvalue weighted by molar-refractivity contribution is -0.142. The van der Waals surface area contributed by atoms with Crippen LogP contribution in [0, 0.1) is 17.8 Å². The fraction of sp³-hybridized carbons (Fsp3) is 0.867. The van der Waals surface area contributed by atoms with Gasteiger partial charge in [0, 0.05) is 19.7 Å². The molecule has 0 aromatic rings. The Balaban J connectivity index is 3.71. The van der Waals surface area contributed by atoms with Gasteiger partial charge in [0.25, 0.3) is 0 Å². The van der Waals surface area contributed by atoms with Crippen LogP contribution in [0.3, 0.4) is 0 Å². The van der Waals surface area contributed by atoms with Crippen molar-refractivity contribution in [2.75, 3.05) is 26.3 Å². The first kappa shape index (κ1) is 19.7. The molecule has 0 aromatic heterocycles. The van der Waals surface area contributed by atoms with Crippen molar-refractivity contribution in [1.82, 2.24) is 10.6 Å². The molecule has 6 heteroatoms. The molecule has 0 bridgehead atoms. The molecule has 0 spiro atoms. The molecule has 124 valence electrons. The maximum absolute atomic E-state index is 11.5. The Morgan fingerprint density at radius 1 is 1.05 bits per heavy atom. The average molecular weight is 302 g/mol. The minimum absolute atomic E-state index is 0.146. The fourth-order valence-electron chi connectivity index (χ4n) is 1.78. The number of amides is 2. The Morgan fingerprint density at radius 2 is 1.71 bits per heavy atom. The Morgan fingerprint density at radius 3 is 2.24 bits per heavy atom. The van der Waals surface area contributed by atoms with Crippen LogP contribution < -0.4 is 10.6 Å². The molecule has 21 heavy (non-hydrogen) atoms. The van der Waals surface area contributed by atoms with Crippen LogP contribution in [0.4, 0.5) is 4.79 Å². The molecule has 1 atom stereocenters. The van der Waals surface area contributed by atoms with E-state index in [0.29, 0.717) is 32.1 Å². The van der Waals surface area contributed by atoms with Gasteiger partial charge < -0.3 is 20.5 Å². The summed E-state index contributed by atoms with van der Waals surface area (Å²) in [7, 11) is 0. The van der Waals surface area contributed by atoms with Gasteiger partial charge in [0.2, 0.25) is 0 Å². The van der Waals surface area contributed by atoms with Gasteiger partial charge in [-0.2, -0.15) is 0 Å². The summed E-state index contributed by atoms with van der Waals surface area (Å²) in [5.74, 6) is -0.528. The van der Waals surface area contributed by atoms with Gasteiger partial charge in [-0.1, -0.05) is 27.7 Å². The van der Waals surface area contributed by atoms with Crippen molar-refractivity contribution >= 4 is 12.0 Å². The predicted octanol–water partition coefficient (Wildman–Crippen LogP) is 2.10. The molecule has 0 saturated heterocycles. The van der Waals surface area contributed by atoms with E-state index in [-0.39, 0.29) is 18.5 Å². The van der Waals surface area contributed by atoms with Crippen molar-refractivity contribution in [3.05, 3.63) is 0 Å². The lowest BCUT2D eigenvalue weighted by atomic mass is 9.97. The molecule has 0 heterocycles. The van der Waals surface area contributed by atoms with Gasteiger partial charge >= 0.3 is 12.0 Å². The molecule has 0 aromatic carbocycles. The first-order valence-corrected chi connectivity index (χ1v) is 7.65. The fourth-order valence-corrected chi connectivity index (χ4v) is 1.78. The number of ether oxygens (including phenoxy) is 1. The van der Waals surface area contributed by atoms with Crippen LogP contribution in [0.15, 0.2) is 0 Å². The van der Waals surface area contributed by atoms with Crippen molar-refractivity contribution < 1.29 is 19.4 Å². The lowest BCUT2D eigenvalue weighted by Gasteiger charge is -2.15. The summed E-state index contributed by atoms with van der Waals surface area (Å²) in [6.45, 7) is 9.91. The summed E-state index contributed by atoms with van der Waals surface area (Å²) in [5.41, 5.74) is 0. The van der Waals surface area contributed by atoms with Crippen molar-refractivity contribution in [1.29, 1.82) is 0 Å². The summed E-state index contributed by atoms with van der Waals surface area (Å²) >= 11 is 0. The third-order valence-electron chi connectivity index (χ3n) is 2.99. The van der Waals surface area contributed by atoms with E-state index >= 15 is 0 Å². The monoisotopic (exact) mass is 302 g/mol. The number of nitrogens with one attached hydrogen (secondary N) is 2. The molecular weight excluding hydrogens is 272 g/mol. The van der Waals surface area contributed by atoms with Gasteiger partial charge in [-0.3, -0.25) is 4.79 Å². The summed E-state index contributed by atoms with van der Waals surface area (Å²) < 4.78 is 5.37. The van der Waals surface area contributed by atoms with Crippen molar-refractivity contribution in [3.63, 3.8) is 0 Å². The second kappa shape index (κ2) is 11.4. The van der Waals surface area contributed by atoms with Gasteiger partial charge in [0.15, 0.2) is 0 Å². The minimum atomic E-state index is -0.874. The second-order valence-electron chi connectivity index (χ2n) is 6.10. The zero-order valence-electron chi connectivity index (χ0n) is 13.6.